The number of unbranched alkanes of at least 4 members (excludes halogenated alkanes) is 1. The van der Waals surface area contributed by atoms with Gasteiger partial charge in [-0.3, -0.25) is 9.52 Å². The van der Waals surface area contributed by atoms with E-state index in [0.717, 1.165) is 63.1 Å². The van der Waals surface area contributed by atoms with E-state index in [2.05, 4.69) is 31.7 Å². The number of carbonyl (C=O) groups is 1. The van der Waals surface area contributed by atoms with Crippen LogP contribution in [0.2, 0.25) is 0 Å². The van der Waals surface area contributed by atoms with E-state index in [9.17, 15) is 13.2 Å². The second-order valence-corrected chi connectivity index (χ2v) is 10.7. The molecule has 1 aliphatic rings. The highest BCUT2D eigenvalue weighted by molar-refractivity contribution is 7.92. The van der Waals surface area contributed by atoms with E-state index in [0.29, 0.717) is 11.3 Å². The molecule has 0 saturated heterocycles. The first-order valence-corrected chi connectivity index (χ1v) is 13.8. The normalized spacial score (nSPS) is 13.7. The number of amides is 1. The molecule has 2 aromatic carbocycles. The lowest BCUT2D eigenvalue weighted by Gasteiger charge is -2.13. The molecule has 0 saturated carbocycles. The molecular weight excluding hydrogens is 462 g/mol. The van der Waals surface area contributed by atoms with Crippen molar-refractivity contribution in [3.63, 3.8) is 0 Å². The number of hydrogen-bond donors (Lipinski definition) is 2. The van der Waals surface area contributed by atoms with Crippen LogP contribution in [-0.4, -0.2) is 29.1 Å². The van der Waals surface area contributed by atoms with Crippen molar-refractivity contribution in [2.45, 2.75) is 76.8 Å². The van der Waals surface area contributed by atoms with Crippen LogP contribution >= 0.6 is 0 Å². The maximum atomic E-state index is 13.1. The Morgan fingerprint density at radius 3 is 2.63 bits per heavy atom. The summed E-state index contributed by atoms with van der Waals surface area (Å²) in [6.07, 6.45) is 7.40. The number of hydrogen-bond acceptors (Lipinski definition) is 5. The van der Waals surface area contributed by atoms with Gasteiger partial charge in [-0.2, -0.15) is 0 Å². The van der Waals surface area contributed by atoms with Gasteiger partial charge in [0.1, 0.15) is 5.82 Å². The summed E-state index contributed by atoms with van der Waals surface area (Å²) in [7, 11) is -3.86. The molecule has 9 heteroatoms. The molecule has 0 fully saturated rings. The zero-order chi connectivity index (χ0) is 24.8. The third-order valence-electron chi connectivity index (χ3n) is 6.36. The van der Waals surface area contributed by atoms with Gasteiger partial charge in [0, 0.05) is 24.2 Å². The van der Waals surface area contributed by atoms with E-state index in [-0.39, 0.29) is 22.9 Å². The van der Waals surface area contributed by atoms with Gasteiger partial charge in [0.15, 0.2) is 5.82 Å². The number of carbonyl (C=O) groups excluding carboxylic acids is 1. The molecule has 1 amide bonds. The molecule has 0 bridgehead atoms. The Balaban J connectivity index is 1.46. The summed E-state index contributed by atoms with van der Waals surface area (Å²) in [6, 6.07) is 12.1. The second kappa shape index (κ2) is 11.0. The molecule has 2 N–H and O–H groups in total. The monoisotopic (exact) mass is 495 g/mol. The highest BCUT2D eigenvalue weighted by atomic mass is 32.2. The molecule has 35 heavy (non-hydrogen) atoms. The number of aromatic nitrogens is 3. The van der Waals surface area contributed by atoms with Gasteiger partial charge in [-0.15, -0.1) is 10.2 Å². The first-order valence-electron chi connectivity index (χ1n) is 12.3. The van der Waals surface area contributed by atoms with E-state index in [4.69, 9.17) is 0 Å². The Labute approximate surface area is 207 Å². The Hall–Kier alpha value is -3.20. The molecule has 0 atom stereocenters. The molecule has 3 aromatic rings. The van der Waals surface area contributed by atoms with Crippen LogP contribution in [0.25, 0.3) is 0 Å². The standard InChI is InChI=1S/C26H33N5O3S/c1-3-4-8-20-11-14-22(15-12-20)30-35(33,34)23-17-21(13-10-19(23)2)26(32)27-18-25-29-28-24-9-6-5-7-16-31(24)25/h10-15,17,30H,3-9,16,18H2,1-2H3,(H,27,32). The summed E-state index contributed by atoms with van der Waals surface area (Å²) in [5.74, 6) is 1.33. The van der Waals surface area contributed by atoms with Crippen molar-refractivity contribution in [3.8, 4) is 0 Å². The van der Waals surface area contributed by atoms with Crippen LogP contribution in [0.5, 0.6) is 0 Å². The smallest absolute Gasteiger partial charge is 0.262 e. The molecule has 0 radical (unpaired) electrons. The summed E-state index contributed by atoms with van der Waals surface area (Å²) < 4.78 is 31.0. The van der Waals surface area contributed by atoms with Crippen LogP contribution in [-0.2, 0) is 36.0 Å². The number of nitrogens with one attached hydrogen (secondary N) is 2. The van der Waals surface area contributed by atoms with Gasteiger partial charge in [0.25, 0.3) is 15.9 Å². The van der Waals surface area contributed by atoms with E-state index < -0.39 is 10.0 Å². The number of fused-ring (bicyclic) bond motifs is 1. The summed E-state index contributed by atoms with van der Waals surface area (Å²) in [4.78, 5) is 12.9. The topological polar surface area (TPSA) is 106 Å². The second-order valence-electron chi connectivity index (χ2n) is 9.06. The minimum absolute atomic E-state index is 0.0801. The van der Waals surface area contributed by atoms with Gasteiger partial charge < -0.3 is 9.88 Å². The SMILES string of the molecule is CCCCc1ccc(NS(=O)(=O)c2cc(C(=O)NCc3nnc4n3CCCCC4)ccc2C)cc1. The van der Waals surface area contributed by atoms with Crippen molar-refractivity contribution >= 4 is 21.6 Å². The van der Waals surface area contributed by atoms with Crippen molar-refractivity contribution in [2.24, 2.45) is 0 Å². The molecule has 1 aliphatic heterocycles. The Morgan fingerprint density at radius 2 is 1.86 bits per heavy atom. The third-order valence-corrected chi connectivity index (χ3v) is 7.88. The molecule has 4 rings (SSSR count). The predicted molar refractivity (Wildman–Crippen MR) is 136 cm³/mol. The summed E-state index contributed by atoms with van der Waals surface area (Å²) in [5, 5.41) is 11.4. The van der Waals surface area contributed by atoms with Crippen LogP contribution in [0, 0.1) is 6.92 Å². The molecule has 186 valence electrons. The number of rotatable bonds is 9. The Morgan fingerprint density at radius 1 is 1.06 bits per heavy atom. The lowest BCUT2D eigenvalue weighted by Crippen LogP contribution is -2.25. The van der Waals surface area contributed by atoms with Crippen molar-refractivity contribution in [2.75, 3.05) is 4.72 Å². The third kappa shape index (κ3) is 6.08. The van der Waals surface area contributed by atoms with E-state index in [1.54, 1.807) is 31.2 Å². The maximum Gasteiger partial charge on any atom is 0.262 e. The first-order chi connectivity index (χ1) is 16.9. The van der Waals surface area contributed by atoms with Crippen LogP contribution < -0.4 is 10.0 Å². The Kier molecular flexibility index (Phi) is 7.85. The van der Waals surface area contributed by atoms with Crippen molar-refractivity contribution < 1.29 is 13.2 Å². The van der Waals surface area contributed by atoms with Gasteiger partial charge in [-0.1, -0.05) is 38.0 Å². The van der Waals surface area contributed by atoms with Crippen LogP contribution in [0.4, 0.5) is 5.69 Å². The fraction of sp³-hybridized carbons (Fsp3) is 0.423. The van der Waals surface area contributed by atoms with Crippen molar-refractivity contribution in [3.05, 3.63) is 70.8 Å². The number of aryl methyl sites for hydroxylation is 3. The van der Waals surface area contributed by atoms with Crippen LogP contribution in [0.15, 0.2) is 47.4 Å². The maximum absolute atomic E-state index is 13.1. The molecule has 2 heterocycles. The lowest BCUT2D eigenvalue weighted by atomic mass is 10.1. The largest absolute Gasteiger partial charge is 0.345 e. The minimum Gasteiger partial charge on any atom is -0.345 e. The van der Waals surface area contributed by atoms with Gasteiger partial charge >= 0.3 is 0 Å². The Bertz CT molecular complexity index is 1280. The zero-order valence-electron chi connectivity index (χ0n) is 20.4. The van der Waals surface area contributed by atoms with Gasteiger partial charge in [-0.25, -0.2) is 8.42 Å². The van der Waals surface area contributed by atoms with Crippen LogP contribution in [0.1, 0.15) is 72.2 Å². The summed E-state index contributed by atoms with van der Waals surface area (Å²) >= 11 is 0. The highest BCUT2D eigenvalue weighted by Gasteiger charge is 2.20. The van der Waals surface area contributed by atoms with E-state index in [1.165, 1.54) is 11.6 Å². The summed E-state index contributed by atoms with van der Waals surface area (Å²) in [6.45, 7) is 4.95. The van der Waals surface area contributed by atoms with Crippen LogP contribution in [0.3, 0.4) is 0 Å². The van der Waals surface area contributed by atoms with Crippen molar-refractivity contribution in [1.82, 2.24) is 20.1 Å². The van der Waals surface area contributed by atoms with Gasteiger partial charge in [0.2, 0.25) is 0 Å². The number of anilines is 1. The van der Waals surface area contributed by atoms with Gasteiger partial charge in [-0.05, 0) is 68.0 Å². The lowest BCUT2D eigenvalue weighted by molar-refractivity contribution is 0.0949. The average Bonchev–Trinajstić information content (AvgIpc) is 3.07. The minimum atomic E-state index is -3.86. The molecule has 0 spiro atoms. The highest BCUT2D eigenvalue weighted by Crippen LogP contribution is 2.22. The molecular formula is C26H33N5O3S. The fourth-order valence-corrected chi connectivity index (χ4v) is 5.63. The quantitative estimate of drug-likeness (QED) is 0.458. The van der Waals surface area contributed by atoms with E-state index in [1.807, 2.05) is 12.1 Å². The molecule has 8 nitrogen and oxygen atoms in total. The number of nitrogens with zero attached hydrogens (tertiary/aromatic N) is 3. The molecule has 0 aliphatic carbocycles. The molecule has 1 aromatic heterocycles. The summed E-state index contributed by atoms with van der Waals surface area (Å²) in [5.41, 5.74) is 2.51. The predicted octanol–water partition coefficient (Wildman–Crippen LogP) is 4.39. The fourth-order valence-electron chi connectivity index (χ4n) is 4.30. The number of benzene rings is 2. The molecule has 0 unspecified atom stereocenters. The first kappa shape index (κ1) is 24.9. The van der Waals surface area contributed by atoms with Gasteiger partial charge in [0.05, 0.1) is 11.4 Å². The average molecular weight is 496 g/mol. The number of sulfonamides is 1. The van der Waals surface area contributed by atoms with Crippen molar-refractivity contribution in [1.29, 1.82) is 0 Å². The van der Waals surface area contributed by atoms with E-state index >= 15 is 0 Å². The zero-order valence-corrected chi connectivity index (χ0v) is 21.2.